The molecule has 0 aliphatic heterocycles. The Morgan fingerprint density at radius 2 is 2.00 bits per heavy atom. The van der Waals surface area contributed by atoms with Crippen molar-refractivity contribution in [3.8, 4) is 0 Å². The Kier molecular flexibility index (Phi) is 6.18. The molecule has 1 atom stereocenters. The van der Waals surface area contributed by atoms with Crippen LogP contribution >= 0.6 is 0 Å². The molecule has 5 nitrogen and oxygen atoms in total. The fourth-order valence-electron chi connectivity index (χ4n) is 2.56. The van der Waals surface area contributed by atoms with Crippen LogP contribution in [0.3, 0.4) is 0 Å². The summed E-state index contributed by atoms with van der Waals surface area (Å²) in [5.41, 5.74) is 3.48. The van der Waals surface area contributed by atoms with Crippen molar-refractivity contribution in [3.05, 3.63) is 59.0 Å². The van der Waals surface area contributed by atoms with Gasteiger partial charge in [0.2, 0.25) is 5.91 Å². The summed E-state index contributed by atoms with van der Waals surface area (Å²) in [6.45, 7) is 6.50. The van der Waals surface area contributed by atoms with Crippen LogP contribution < -0.4 is 10.6 Å². The quantitative estimate of drug-likeness (QED) is 0.766. The number of aryl methyl sites for hydroxylation is 2. The number of amides is 2. The van der Waals surface area contributed by atoms with Crippen LogP contribution in [0.2, 0.25) is 0 Å². The van der Waals surface area contributed by atoms with E-state index in [0.29, 0.717) is 19.4 Å². The Labute approximate surface area is 142 Å². The maximum atomic E-state index is 12.1. The van der Waals surface area contributed by atoms with Crippen molar-refractivity contribution in [2.24, 2.45) is 0 Å². The molecule has 0 saturated carbocycles. The molecule has 2 amide bonds. The molecule has 1 heterocycles. The summed E-state index contributed by atoms with van der Waals surface area (Å²) in [6.07, 6.45) is 2.41. The second-order valence-electron chi connectivity index (χ2n) is 5.99. The lowest BCUT2D eigenvalue weighted by Gasteiger charge is -2.17. The van der Waals surface area contributed by atoms with Gasteiger partial charge in [0.15, 0.2) is 5.76 Å². The third-order valence-electron chi connectivity index (χ3n) is 3.89. The molecule has 0 radical (unpaired) electrons. The van der Waals surface area contributed by atoms with Crippen LogP contribution in [0.15, 0.2) is 41.0 Å². The van der Waals surface area contributed by atoms with Crippen LogP contribution in [0.25, 0.3) is 0 Å². The van der Waals surface area contributed by atoms with Gasteiger partial charge in [-0.1, -0.05) is 23.8 Å². The van der Waals surface area contributed by atoms with E-state index in [1.165, 1.54) is 17.4 Å². The smallest absolute Gasteiger partial charge is 0.286 e. The molecule has 0 aliphatic rings. The van der Waals surface area contributed by atoms with Crippen molar-refractivity contribution in [2.45, 2.75) is 39.7 Å². The van der Waals surface area contributed by atoms with Crippen molar-refractivity contribution in [1.29, 1.82) is 0 Å². The van der Waals surface area contributed by atoms with E-state index < -0.39 is 0 Å². The monoisotopic (exact) mass is 328 g/mol. The van der Waals surface area contributed by atoms with E-state index in [0.717, 1.165) is 5.56 Å². The van der Waals surface area contributed by atoms with E-state index in [-0.39, 0.29) is 23.6 Å². The number of rotatable bonds is 7. The highest BCUT2D eigenvalue weighted by Gasteiger charge is 2.12. The van der Waals surface area contributed by atoms with Crippen LogP contribution in [-0.2, 0) is 4.79 Å². The Bertz CT molecular complexity index is 693. The predicted molar refractivity (Wildman–Crippen MR) is 92.7 cm³/mol. The molecule has 2 N–H and O–H groups in total. The number of benzene rings is 1. The Morgan fingerprint density at radius 3 is 2.71 bits per heavy atom. The summed E-state index contributed by atoms with van der Waals surface area (Å²) in [4.78, 5) is 23.7. The maximum Gasteiger partial charge on any atom is 0.286 e. The van der Waals surface area contributed by atoms with Crippen molar-refractivity contribution in [2.75, 3.05) is 6.54 Å². The van der Waals surface area contributed by atoms with Gasteiger partial charge in [-0.2, -0.15) is 0 Å². The van der Waals surface area contributed by atoms with Gasteiger partial charge in [0.1, 0.15) is 0 Å². The Hall–Kier alpha value is -2.56. The first-order chi connectivity index (χ1) is 11.5. The van der Waals surface area contributed by atoms with Crippen LogP contribution in [0, 0.1) is 13.8 Å². The molecule has 2 aromatic rings. The summed E-state index contributed by atoms with van der Waals surface area (Å²) in [5.74, 6) is 0.00260. The van der Waals surface area contributed by atoms with Gasteiger partial charge in [-0.15, -0.1) is 0 Å². The first-order valence-electron chi connectivity index (χ1n) is 8.15. The molecule has 0 spiro atoms. The highest BCUT2D eigenvalue weighted by atomic mass is 16.3. The molecule has 1 aromatic heterocycles. The molecule has 2 rings (SSSR count). The summed E-state index contributed by atoms with van der Waals surface area (Å²) in [5, 5.41) is 5.74. The van der Waals surface area contributed by atoms with Crippen molar-refractivity contribution in [3.63, 3.8) is 0 Å². The molecule has 128 valence electrons. The van der Waals surface area contributed by atoms with E-state index in [1.54, 1.807) is 12.1 Å². The zero-order chi connectivity index (χ0) is 17.5. The molecular weight excluding hydrogens is 304 g/mol. The van der Waals surface area contributed by atoms with Gasteiger partial charge >= 0.3 is 0 Å². The summed E-state index contributed by atoms with van der Waals surface area (Å²) < 4.78 is 5.00. The fourth-order valence-corrected chi connectivity index (χ4v) is 2.56. The summed E-state index contributed by atoms with van der Waals surface area (Å²) >= 11 is 0. The molecule has 0 fully saturated rings. The van der Waals surface area contributed by atoms with Gasteiger partial charge in [-0.25, -0.2) is 0 Å². The van der Waals surface area contributed by atoms with Gasteiger partial charge < -0.3 is 15.1 Å². The number of furan rings is 1. The molecule has 24 heavy (non-hydrogen) atoms. The molecule has 0 aliphatic carbocycles. The lowest BCUT2D eigenvalue weighted by molar-refractivity contribution is -0.121. The van der Waals surface area contributed by atoms with E-state index in [9.17, 15) is 9.59 Å². The number of carbonyl (C=O) groups is 2. The molecule has 1 aromatic carbocycles. The van der Waals surface area contributed by atoms with E-state index in [2.05, 4.69) is 28.8 Å². The lowest BCUT2D eigenvalue weighted by Crippen LogP contribution is -2.29. The Morgan fingerprint density at radius 1 is 1.21 bits per heavy atom. The zero-order valence-corrected chi connectivity index (χ0v) is 14.4. The highest BCUT2D eigenvalue weighted by molar-refractivity contribution is 5.91. The van der Waals surface area contributed by atoms with Crippen molar-refractivity contribution < 1.29 is 14.0 Å². The molecule has 5 heteroatoms. The number of hydrogen-bond acceptors (Lipinski definition) is 3. The molecular formula is C19H24N2O3. The second kappa shape index (κ2) is 8.34. The Balaban J connectivity index is 1.73. The summed E-state index contributed by atoms with van der Waals surface area (Å²) in [7, 11) is 0. The molecule has 1 unspecified atom stereocenters. The molecule has 0 bridgehead atoms. The van der Waals surface area contributed by atoms with Gasteiger partial charge in [0.05, 0.1) is 12.3 Å². The van der Waals surface area contributed by atoms with Gasteiger partial charge in [0, 0.05) is 13.0 Å². The molecule has 0 saturated heterocycles. The SMILES string of the molecule is Cc1ccc(C)c(C(C)NC(=O)CCCNC(=O)c2ccco2)c1. The average molecular weight is 328 g/mol. The van der Waals surface area contributed by atoms with Crippen molar-refractivity contribution in [1.82, 2.24) is 10.6 Å². The summed E-state index contributed by atoms with van der Waals surface area (Å²) in [6, 6.07) is 9.47. The largest absolute Gasteiger partial charge is 0.459 e. The first kappa shape index (κ1) is 17.8. The standard InChI is InChI=1S/C19H24N2O3/c1-13-8-9-14(2)16(12-13)15(3)21-18(22)7-4-10-20-19(23)17-6-5-11-24-17/h5-6,8-9,11-12,15H,4,7,10H2,1-3H3,(H,20,23)(H,21,22). The third kappa shape index (κ3) is 4.98. The minimum Gasteiger partial charge on any atom is -0.459 e. The average Bonchev–Trinajstić information content (AvgIpc) is 3.08. The lowest BCUT2D eigenvalue weighted by atomic mass is 10.00. The van der Waals surface area contributed by atoms with E-state index in [4.69, 9.17) is 4.42 Å². The number of carbonyl (C=O) groups excluding carboxylic acids is 2. The third-order valence-corrected chi connectivity index (χ3v) is 3.89. The van der Waals surface area contributed by atoms with Crippen LogP contribution in [0.4, 0.5) is 0 Å². The number of nitrogens with one attached hydrogen (secondary N) is 2. The van der Waals surface area contributed by atoms with Gasteiger partial charge in [-0.3, -0.25) is 9.59 Å². The van der Waals surface area contributed by atoms with E-state index >= 15 is 0 Å². The predicted octanol–water partition coefficient (Wildman–Crippen LogP) is 3.28. The fraction of sp³-hybridized carbons (Fsp3) is 0.368. The van der Waals surface area contributed by atoms with Crippen LogP contribution in [0.5, 0.6) is 0 Å². The second-order valence-corrected chi connectivity index (χ2v) is 5.99. The van der Waals surface area contributed by atoms with Gasteiger partial charge in [0.25, 0.3) is 5.91 Å². The van der Waals surface area contributed by atoms with E-state index in [1.807, 2.05) is 20.8 Å². The zero-order valence-electron chi connectivity index (χ0n) is 14.4. The van der Waals surface area contributed by atoms with Gasteiger partial charge in [-0.05, 0) is 50.5 Å². The van der Waals surface area contributed by atoms with Crippen LogP contribution in [-0.4, -0.2) is 18.4 Å². The topological polar surface area (TPSA) is 71.3 Å². The minimum atomic E-state index is -0.260. The normalized spacial score (nSPS) is 11.8. The maximum absolute atomic E-state index is 12.1. The highest BCUT2D eigenvalue weighted by Crippen LogP contribution is 2.18. The van der Waals surface area contributed by atoms with Crippen molar-refractivity contribution >= 4 is 11.8 Å². The minimum absolute atomic E-state index is 0.0179. The first-order valence-corrected chi connectivity index (χ1v) is 8.15. The van der Waals surface area contributed by atoms with Crippen LogP contribution in [0.1, 0.15) is 53.1 Å². The number of hydrogen-bond donors (Lipinski definition) is 2.